The van der Waals surface area contributed by atoms with Crippen molar-refractivity contribution >= 4 is 17.0 Å². The van der Waals surface area contributed by atoms with Crippen molar-refractivity contribution in [1.29, 1.82) is 0 Å². The van der Waals surface area contributed by atoms with Gasteiger partial charge in [-0.05, 0) is 84.3 Å². The Bertz CT molecular complexity index is 964. The van der Waals surface area contributed by atoms with Gasteiger partial charge in [-0.25, -0.2) is 4.79 Å². The third kappa shape index (κ3) is 5.08. The molecule has 4 heterocycles. The average molecular weight is 454 g/mol. The van der Waals surface area contributed by atoms with Crippen molar-refractivity contribution in [2.45, 2.75) is 108 Å². The van der Waals surface area contributed by atoms with Gasteiger partial charge in [0.2, 0.25) is 0 Å². The largest absolute Gasteiger partial charge is 0.490 e. The molecule has 0 N–H and O–H groups in total. The number of pyridine rings is 2. The summed E-state index contributed by atoms with van der Waals surface area (Å²) >= 11 is 0. The molecule has 2 aromatic heterocycles. The first-order chi connectivity index (χ1) is 15.9. The summed E-state index contributed by atoms with van der Waals surface area (Å²) in [5.41, 5.74) is 0.454. The van der Waals surface area contributed by atoms with Crippen molar-refractivity contribution in [3.8, 4) is 5.75 Å². The normalized spacial score (nSPS) is 29.8. The number of hydrogen-bond donors (Lipinski definition) is 0. The van der Waals surface area contributed by atoms with Crippen molar-refractivity contribution in [1.82, 2.24) is 14.9 Å². The Hall–Kier alpha value is -2.41. The number of hydrogen-bond acceptors (Lipinski definition) is 6. The molecule has 2 saturated heterocycles. The molecular formula is C26H35N3O4. The van der Waals surface area contributed by atoms with Gasteiger partial charge in [-0.2, -0.15) is 0 Å². The summed E-state index contributed by atoms with van der Waals surface area (Å²) in [5, 5.41) is 0.964. The number of fused-ring (bicyclic) bond motifs is 3. The average Bonchev–Trinajstić information content (AvgIpc) is 3.05. The van der Waals surface area contributed by atoms with Gasteiger partial charge in [0.15, 0.2) is 0 Å². The zero-order valence-electron chi connectivity index (χ0n) is 19.9. The van der Waals surface area contributed by atoms with Crippen LogP contribution in [0.3, 0.4) is 0 Å². The predicted molar refractivity (Wildman–Crippen MR) is 125 cm³/mol. The molecule has 3 atom stereocenters. The summed E-state index contributed by atoms with van der Waals surface area (Å²) in [7, 11) is 0. The summed E-state index contributed by atoms with van der Waals surface area (Å²) in [6.45, 7) is 5.78. The lowest BCUT2D eigenvalue weighted by Crippen LogP contribution is -2.50. The van der Waals surface area contributed by atoms with Crippen LogP contribution in [-0.2, 0) is 9.47 Å². The molecule has 3 aliphatic rings. The molecule has 0 spiro atoms. The molecule has 5 rings (SSSR count). The van der Waals surface area contributed by atoms with Gasteiger partial charge in [0.25, 0.3) is 0 Å². The second-order valence-electron chi connectivity index (χ2n) is 10.7. The highest BCUT2D eigenvalue weighted by Gasteiger charge is 2.45. The van der Waals surface area contributed by atoms with Gasteiger partial charge in [0.05, 0.1) is 29.2 Å². The number of carbonyl (C=O) groups excluding carboxylic acids is 1. The van der Waals surface area contributed by atoms with E-state index >= 15 is 0 Å². The van der Waals surface area contributed by atoms with Crippen LogP contribution in [0.25, 0.3) is 10.9 Å². The van der Waals surface area contributed by atoms with Crippen molar-refractivity contribution in [3.05, 3.63) is 30.7 Å². The first-order valence-corrected chi connectivity index (χ1v) is 12.4. The van der Waals surface area contributed by atoms with E-state index in [0.29, 0.717) is 0 Å². The van der Waals surface area contributed by atoms with Gasteiger partial charge >= 0.3 is 6.09 Å². The van der Waals surface area contributed by atoms with E-state index in [-0.39, 0.29) is 36.5 Å². The molecule has 7 nitrogen and oxygen atoms in total. The fraction of sp³-hybridized carbons (Fsp3) is 0.654. The van der Waals surface area contributed by atoms with Crippen molar-refractivity contribution in [2.75, 3.05) is 0 Å². The van der Waals surface area contributed by atoms with Gasteiger partial charge in [0.1, 0.15) is 11.4 Å². The molecule has 2 aromatic rings. The molecule has 33 heavy (non-hydrogen) atoms. The van der Waals surface area contributed by atoms with E-state index in [1.54, 1.807) is 12.4 Å². The van der Waals surface area contributed by atoms with Crippen LogP contribution in [0.15, 0.2) is 30.7 Å². The SMILES string of the molecule is CC(C)(C)OC(=O)N1[C@@H]2CC[C@H]1CC(OC1CCC(Oc3ccnc4ccncc34)CC1)C2. The minimum atomic E-state index is -0.455. The molecule has 7 heteroatoms. The molecular weight excluding hydrogens is 418 g/mol. The molecule has 2 aliphatic heterocycles. The Morgan fingerprint density at radius 1 is 0.939 bits per heavy atom. The number of rotatable bonds is 4. The Balaban J connectivity index is 1.12. The van der Waals surface area contributed by atoms with Crippen molar-refractivity contribution < 1.29 is 19.0 Å². The van der Waals surface area contributed by atoms with Crippen LogP contribution in [0.2, 0.25) is 0 Å². The van der Waals surface area contributed by atoms with Crippen molar-refractivity contribution in [2.24, 2.45) is 0 Å². The number of amides is 1. The second-order valence-corrected chi connectivity index (χ2v) is 10.7. The highest BCUT2D eigenvalue weighted by Crippen LogP contribution is 2.39. The zero-order valence-corrected chi connectivity index (χ0v) is 19.9. The van der Waals surface area contributed by atoms with E-state index in [1.165, 1.54) is 0 Å². The van der Waals surface area contributed by atoms with Crippen LogP contribution in [0.5, 0.6) is 5.75 Å². The lowest BCUT2D eigenvalue weighted by Gasteiger charge is -2.41. The molecule has 0 radical (unpaired) electrons. The molecule has 0 aromatic carbocycles. The fourth-order valence-electron chi connectivity index (χ4n) is 5.66. The summed E-state index contributed by atoms with van der Waals surface area (Å²) in [6, 6.07) is 4.34. The minimum absolute atomic E-state index is 0.162. The number of piperidine rings is 1. The highest BCUT2D eigenvalue weighted by atomic mass is 16.6. The van der Waals surface area contributed by atoms with Crippen molar-refractivity contribution in [3.63, 3.8) is 0 Å². The standard InChI is InChI=1S/C26H35N3O4/c1-26(2,3)33-25(30)29-17-4-5-18(29)15-21(14-17)31-19-6-8-20(9-7-19)32-24-11-13-28-23-10-12-27-16-22(23)24/h10-13,16-21H,4-9,14-15H2,1-3H3/t17-,18+,19?,20?,21?. The van der Waals surface area contributed by atoms with Gasteiger partial charge in [-0.3, -0.25) is 9.97 Å². The Morgan fingerprint density at radius 2 is 1.64 bits per heavy atom. The quantitative estimate of drug-likeness (QED) is 0.628. The topological polar surface area (TPSA) is 73.8 Å². The van der Waals surface area contributed by atoms with E-state index in [4.69, 9.17) is 14.2 Å². The fourth-order valence-corrected chi connectivity index (χ4v) is 5.66. The zero-order chi connectivity index (χ0) is 23.0. The maximum Gasteiger partial charge on any atom is 0.410 e. The van der Waals surface area contributed by atoms with Crippen LogP contribution in [0.1, 0.15) is 72.1 Å². The lowest BCUT2D eigenvalue weighted by molar-refractivity contribution is -0.0812. The molecule has 1 saturated carbocycles. The third-order valence-corrected chi connectivity index (χ3v) is 7.10. The van der Waals surface area contributed by atoms with E-state index in [0.717, 1.165) is 68.0 Å². The Labute approximate surface area is 195 Å². The summed E-state index contributed by atoms with van der Waals surface area (Å²) in [6.07, 6.45) is 13.9. The number of ether oxygens (including phenoxy) is 3. The molecule has 3 fully saturated rings. The number of aromatic nitrogens is 2. The minimum Gasteiger partial charge on any atom is -0.490 e. The summed E-state index contributed by atoms with van der Waals surface area (Å²) < 4.78 is 18.5. The molecule has 1 unspecified atom stereocenters. The lowest BCUT2D eigenvalue weighted by atomic mass is 9.93. The van der Waals surface area contributed by atoms with E-state index < -0.39 is 5.60 Å². The predicted octanol–water partition coefficient (Wildman–Crippen LogP) is 5.27. The maximum atomic E-state index is 12.7. The van der Waals surface area contributed by atoms with Crippen LogP contribution < -0.4 is 4.74 Å². The number of nitrogens with zero attached hydrogens (tertiary/aromatic N) is 3. The van der Waals surface area contributed by atoms with Crippen LogP contribution in [-0.4, -0.2) is 57.0 Å². The van der Waals surface area contributed by atoms with Crippen LogP contribution in [0, 0.1) is 0 Å². The van der Waals surface area contributed by atoms with Gasteiger partial charge in [-0.1, -0.05) is 0 Å². The van der Waals surface area contributed by atoms with Crippen LogP contribution >= 0.6 is 0 Å². The highest BCUT2D eigenvalue weighted by molar-refractivity contribution is 5.83. The van der Waals surface area contributed by atoms with E-state index in [9.17, 15) is 4.79 Å². The molecule has 1 amide bonds. The Morgan fingerprint density at radius 3 is 2.33 bits per heavy atom. The monoisotopic (exact) mass is 453 g/mol. The maximum absolute atomic E-state index is 12.7. The second kappa shape index (κ2) is 9.09. The van der Waals surface area contributed by atoms with Crippen LogP contribution in [0.4, 0.5) is 4.79 Å². The summed E-state index contributed by atoms with van der Waals surface area (Å²) in [5.74, 6) is 0.864. The molecule has 1 aliphatic carbocycles. The first kappa shape index (κ1) is 22.4. The summed E-state index contributed by atoms with van der Waals surface area (Å²) in [4.78, 5) is 23.3. The van der Waals surface area contributed by atoms with Gasteiger partial charge < -0.3 is 19.1 Å². The smallest absolute Gasteiger partial charge is 0.410 e. The first-order valence-electron chi connectivity index (χ1n) is 12.4. The number of carbonyl (C=O) groups is 1. The molecule has 2 bridgehead atoms. The van der Waals surface area contributed by atoms with Gasteiger partial charge in [0, 0.05) is 30.7 Å². The van der Waals surface area contributed by atoms with Gasteiger partial charge in [-0.15, -0.1) is 0 Å². The molecule has 178 valence electrons. The van der Waals surface area contributed by atoms with E-state index in [2.05, 4.69) is 9.97 Å². The third-order valence-electron chi connectivity index (χ3n) is 7.10. The van der Waals surface area contributed by atoms with E-state index in [1.807, 2.05) is 44.0 Å². The Kier molecular flexibility index (Phi) is 6.16.